The highest BCUT2D eigenvalue weighted by atomic mass is 32.1. The Hall–Kier alpha value is -3.17. The largest absolute Gasteiger partial charge is 0.484 e. The molecule has 1 heterocycles. The summed E-state index contributed by atoms with van der Waals surface area (Å²) in [6.45, 7) is 4.48. The Kier molecular flexibility index (Phi) is 8.19. The van der Waals surface area contributed by atoms with Crippen LogP contribution in [0.5, 0.6) is 5.75 Å². The Morgan fingerprint density at radius 2 is 1.87 bits per heavy atom. The van der Waals surface area contributed by atoms with Gasteiger partial charge in [0, 0.05) is 13.1 Å². The Balaban J connectivity index is 1.67. The number of para-hydroxylation sites is 1. The number of thiocarbonyl (C=S) groups is 1. The number of rotatable bonds is 7. The van der Waals surface area contributed by atoms with Crippen LogP contribution in [0.3, 0.4) is 0 Å². The molecule has 8 nitrogen and oxygen atoms in total. The summed E-state index contributed by atoms with van der Waals surface area (Å²) in [6, 6.07) is 14.3. The molecule has 0 unspecified atom stereocenters. The minimum atomic E-state index is -0.426. The molecule has 164 valence electrons. The van der Waals surface area contributed by atoms with Gasteiger partial charge in [0.15, 0.2) is 11.7 Å². The van der Waals surface area contributed by atoms with Crippen LogP contribution in [0.15, 0.2) is 48.5 Å². The molecule has 1 aliphatic heterocycles. The number of nitrogens with one attached hydrogen (secondary N) is 2. The Labute approximate surface area is 186 Å². The second kappa shape index (κ2) is 11.3. The van der Waals surface area contributed by atoms with Crippen LogP contribution in [-0.2, 0) is 14.3 Å². The van der Waals surface area contributed by atoms with Crippen LogP contribution in [0.1, 0.15) is 17.3 Å². The zero-order chi connectivity index (χ0) is 22.1. The van der Waals surface area contributed by atoms with E-state index in [1.165, 1.54) is 0 Å². The average Bonchev–Trinajstić information content (AvgIpc) is 2.79. The van der Waals surface area contributed by atoms with Crippen molar-refractivity contribution in [2.24, 2.45) is 0 Å². The van der Waals surface area contributed by atoms with Crippen molar-refractivity contribution in [3.63, 3.8) is 0 Å². The second-order valence-electron chi connectivity index (χ2n) is 6.66. The zero-order valence-electron chi connectivity index (χ0n) is 17.3. The number of anilines is 2. The van der Waals surface area contributed by atoms with Crippen molar-refractivity contribution in [3.05, 3.63) is 54.1 Å². The van der Waals surface area contributed by atoms with Gasteiger partial charge in [0.2, 0.25) is 0 Å². The van der Waals surface area contributed by atoms with Crippen LogP contribution >= 0.6 is 12.2 Å². The number of carbonyl (C=O) groups excluding carboxylic acids is 2. The predicted molar refractivity (Wildman–Crippen MR) is 122 cm³/mol. The molecule has 1 saturated heterocycles. The topological polar surface area (TPSA) is 89.1 Å². The first-order chi connectivity index (χ1) is 15.1. The number of morpholine rings is 1. The van der Waals surface area contributed by atoms with E-state index in [1.54, 1.807) is 31.2 Å². The summed E-state index contributed by atoms with van der Waals surface area (Å²) >= 11 is 5.31. The van der Waals surface area contributed by atoms with Crippen LogP contribution in [0.4, 0.5) is 11.4 Å². The van der Waals surface area contributed by atoms with Gasteiger partial charge in [-0.2, -0.15) is 0 Å². The van der Waals surface area contributed by atoms with Gasteiger partial charge in [-0.15, -0.1) is 0 Å². The van der Waals surface area contributed by atoms with Crippen LogP contribution in [0.25, 0.3) is 0 Å². The smallest absolute Gasteiger partial charge is 0.338 e. The molecular formula is C22H25N3O5S. The molecular weight excluding hydrogens is 418 g/mol. The van der Waals surface area contributed by atoms with Crippen LogP contribution in [-0.4, -0.2) is 56.5 Å². The number of hydrogen-bond acceptors (Lipinski definition) is 7. The summed E-state index contributed by atoms with van der Waals surface area (Å²) in [5, 5.41) is 5.74. The van der Waals surface area contributed by atoms with Crippen molar-refractivity contribution in [1.82, 2.24) is 5.32 Å². The normalized spacial score (nSPS) is 13.3. The molecule has 0 atom stereocenters. The van der Waals surface area contributed by atoms with Crippen LogP contribution in [0.2, 0.25) is 0 Å². The number of amides is 1. The molecule has 2 aromatic carbocycles. The van der Waals surface area contributed by atoms with E-state index in [2.05, 4.69) is 15.5 Å². The van der Waals surface area contributed by atoms with Gasteiger partial charge < -0.3 is 24.4 Å². The van der Waals surface area contributed by atoms with Gasteiger partial charge in [0.25, 0.3) is 5.91 Å². The van der Waals surface area contributed by atoms with Gasteiger partial charge >= 0.3 is 5.97 Å². The number of carbonyl (C=O) groups is 2. The molecule has 2 N–H and O–H groups in total. The standard InChI is InChI=1S/C22H25N3O5S/c1-2-29-21(27)16-8-9-19(25-10-12-28-13-11-25)18(14-16)23-22(31)24-20(26)15-30-17-6-4-3-5-7-17/h3-9,14H,2,10-13,15H2,1H3,(H2,23,24,26,31). The second-order valence-corrected chi connectivity index (χ2v) is 7.06. The zero-order valence-corrected chi connectivity index (χ0v) is 18.1. The summed E-state index contributed by atoms with van der Waals surface area (Å²) in [6.07, 6.45) is 0. The van der Waals surface area contributed by atoms with E-state index in [0.717, 1.165) is 5.69 Å². The first-order valence-electron chi connectivity index (χ1n) is 9.99. The van der Waals surface area contributed by atoms with Gasteiger partial charge in [-0.05, 0) is 49.5 Å². The maximum atomic E-state index is 12.2. The van der Waals surface area contributed by atoms with Crippen molar-refractivity contribution in [2.45, 2.75) is 6.92 Å². The fourth-order valence-corrected chi connectivity index (χ4v) is 3.26. The van der Waals surface area contributed by atoms with Crippen molar-refractivity contribution in [3.8, 4) is 5.75 Å². The van der Waals surface area contributed by atoms with Gasteiger partial charge in [0.1, 0.15) is 5.75 Å². The molecule has 2 aromatic rings. The lowest BCUT2D eigenvalue weighted by atomic mass is 10.1. The molecule has 31 heavy (non-hydrogen) atoms. The lowest BCUT2D eigenvalue weighted by Gasteiger charge is -2.31. The molecule has 0 aromatic heterocycles. The van der Waals surface area contributed by atoms with Gasteiger partial charge in [-0.3, -0.25) is 10.1 Å². The van der Waals surface area contributed by atoms with E-state index >= 15 is 0 Å². The maximum Gasteiger partial charge on any atom is 0.338 e. The SMILES string of the molecule is CCOC(=O)c1ccc(N2CCOCC2)c(NC(=S)NC(=O)COc2ccccc2)c1. The van der Waals surface area contributed by atoms with E-state index in [0.29, 0.717) is 43.3 Å². The number of esters is 1. The molecule has 1 aliphatic rings. The van der Waals surface area contributed by atoms with Gasteiger partial charge in [-0.25, -0.2) is 4.79 Å². The van der Waals surface area contributed by atoms with E-state index in [9.17, 15) is 9.59 Å². The van der Waals surface area contributed by atoms with Crippen LogP contribution < -0.4 is 20.3 Å². The average molecular weight is 444 g/mol. The Bertz CT molecular complexity index is 917. The highest BCUT2D eigenvalue weighted by Gasteiger charge is 2.18. The third-order valence-electron chi connectivity index (χ3n) is 4.47. The van der Waals surface area contributed by atoms with Gasteiger partial charge in [-0.1, -0.05) is 18.2 Å². The lowest BCUT2D eigenvalue weighted by molar-refractivity contribution is -0.121. The summed E-state index contributed by atoms with van der Waals surface area (Å²) < 4.78 is 15.9. The minimum absolute atomic E-state index is 0.108. The highest BCUT2D eigenvalue weighted by Crippen LogP contribution is 2.28. The monoisotopic (exact) mass is 443 g/mol. The highest BCUT2D eigenvalue weighted by molar-refractivity contribution is 7.80. The number of nitrogens with zero attached hydrogens (tertiary/aromatic N) is 1. The molecule has 0 aliphatic carbocycles. The van der Waals surface area contributed by atoms with Crippen molar-refractivity contribution in [2.75, 3.05) is 49.7 Å². The third-order valence-corrected chi connectivity index (χ3v) is 4.68. The first kappa shape index (κ1) is 22.5. The van der Waals surface area contributed by atoms with Gasteiger partial charge in [0.05, 0.1) is 36.8 Å². The molecule has 0 bridgehead atoms. The van der Waals surface area contributed by atoms with Crippen molar-refractivity contribution in [1.29, 1.82) is 0 Å². The number of benzene rings is 2. The fraction of sp³-hybridized carbons (Fsp3) is 0.318. The van der Waals surface area contributed by atoms with E-state index in [4.69, 9.17) is 26.4 Å². The van der Waals surface area contributed by atoms with E-state index in [1.807, 2.05) is 24.3 Å². The van der Waals surface area contributed by atoms with Crippen molar-refractivity contribution >= 4 is 40.6 Å². The maximum absolute atomic E-state index is 12.2. The Morgan fingerprint density at radius 1 is 1.13 bits per heavy atom. The summed E-state index contributed by atoms with van der Waals surface area (Å²) in [4.78, 5) is 26.5. The van der Waals surface area contributed by atoms with E-state index in [-0.39, 0.29) is 18.3 Å². The molecule has 0 spiro atoms. The van der Waals surface area contributed by atoms with Crippen LogP contribution in [0, 0.1) is 0 Å². The summed E-state index contributed by atoms with van der Waals surface area (Å²) in [7, 11) is 0. The molecule has 0 saturated carbocycles. The number of ether oxygens (including phenoxy) is 3. The summed E-state index contributed by atoms with van der Waals surface area (Å²) in [5.41, 5.74) is 1.85. The molecule has 9 heteroatoms. The molecule has 0 radical (unpaired) electrons. The first-order valence-corrected chi connectivity index (χ1v) is 10.4. The van der Waals surface area contributed by atoms with Crippen molar-refractivity contribution < 1.29 is 23.8 Å². The summed E-state index contributed by atoms with van der Waals surface area (Å²) in [5.74, 6) is -0.227. The number of hydrogen-bond donors (Lipinski definition) is 2. The molecule has 3 rings (SSSR count). The third kappa shape index (κ3) is 6.66. The predicted octanol–water partition coefficient (Wildman–Crippen LogP) is 2.59. The molecule has 1 amide bonds. The quantitative estimate of drug-likeness (QED) is 0.499. The fourth-order valence-electron chi connectivity index (χ4n) is 3.04. The van der Waals surface area contributed by atoms with E-state index < -0.39 is 11.9 Å². The Morgan fingerprint density at radius 3 is 2.58 bits per heavy atom. The lowest BCUT2D eigenvalue weighted by Crippen LogP contribution is -2.39. The minimum Gasteiger partial charge on any atom is -0.484 e. The molecule has 1 fully saturated rings.